The fourth-order valence-electron chi connectivity index (χ4n) is 2.82. The topological polar surface area (TPSA) is 51.1 Å². The maximum absolute atomic E-state index is 12.5. The molecule has 0 bridgehead atoms. The Kier molecular flexibility index (Phi) is 3.90. The van der Waals surface area contributed by atoms with Crippen molar-refractivity contribution in [2.45, 2.75) is 32.2 Å². The Morgan fingerprint density at radius 1 is 1.00 bits per heavy atom. The summed E-state index contributed by atoms with van der Waals surface area (Å²) in [5.41, 5.74) is 3.89. The van der Waals surface area contributed by atoms with Crippen LogP contribution in [0.3, 0.4) is 0 Å². The molecule has 0 saturated carbocycles. The Labute approximate surface area is 136 Å². The van der Waals surface area contributed by atoms with E-state index < -0.39 is 10.0 Å². The van der Waals surface area contributed by atoms with Crippen LogP contribution in [0.2, 0.25) is 0 Å². The van der Waals surface area contributed by atoms with E-state index in [1.165, 1.54) is 5.69 Å². The van der Waals surface area contributed by atoms with Crippen molar-refractivity contribution >= 4 is 26.6 Å². The highest BCUT2D eigenvalue weighted by molar-refractivity contribution is 7.92. The molecule has 0 spiro atoms. The van der Waals surface area contributed by atoms with Crippen LogP contribution in [0.15, 0.2) is 53.4 Å². The van der Waals surface area contributed by atoms with Crippen molar-refractivity contribution in [2.75, 3.05) is 4.72 Å². The molecule has 0 radical (unpaired) electrons. The van der Waals surface area contributed by atoms with Gasteiger partial charge in [-0.15, -0.1) is 0 Å². The zero-order chi connectivity index (χ0) is 16.6. The Morgan fingerprint density at radius 2 is 1.70 bits per heavy atom. The smallest absolute Gasteiger partial charge is 0.261 e. The van der Waals surface area contributed by atoms with Crippen molar-refractivity contribution in [3.05, 3.63) is 59.8 Å². The lowest BCUT2D eigenvalue weighted by Crippen LogP contribution is -2.12. The van der Waals surface area contributed by atoms with Gasteiger partial charge < -0.3 is 4.57 Å². The monoisotopic (exact) mass is 328 g/mol. The molecule has 0 aliphatic carbocycles. The normalized spacial score (nSPS) is 11.8. The third-order valence-electron chi connectivity index (χ3n) is 4.01. The summed E-state index contributed by atoms with van der Waals surface area (Å²) in [5.74, 6) is 0. The SMILES string of the molecule is CCn1c(C)cc2cc(NS(=O)(=O)c3ccc(C)cc3)ccc21. The molecule has 2 aromatic carbocycles. The first-order valence-electron chi connectivity index (χ1n) is 7.60. The van der Waals surface area contributed by atoms with Crippen molar-refractivity contribution < 1.29 is 8.42 Å². The van der Waals surface area contributed by atoms with Crippen LogP contribution >= 0.6 is 0 Å². The van der Waals surface area contributed by atoms with Crippen LogP contribution in [0.25, 0.3) is 10.9 Å². The van der Waals surface area contributed by atoms with Gasteiger partial charge >= 0.3 is 0 Å². The lowest BCUT2D eigenvalue weighted by Gasteiger charge is -2.09. The van der Waals surface area contributed by atoms with E-state index in [4.69, 9.17) is 0 Å². The van der Waals surface area contributed by atoms with E-state index in [0.717, 1.165) is 23.0 Å². The lowest BCUT2D eigenvalue weighted by atomic mass is 10.2. The maximum Gasteiger partial charge on any atom is 0.261 e. The Hall–Kier alpha value is -2.27. The van der Waals surface area contributed by atoms with Gasteiger partial charge in [0.05, 0.1) is 4.90 Å². The van der Waals surface area contributed by atoms with E-state index in [1.54, 1.807) is 30.3 Å². The lowest BCUT2D eigenvalue weighted by molar-refractivity contribution is 0.601. The van der Waals surface area contributed by atoms with Gasteiger partial charge in [-0.3, -0.25) is 4.72 Å². The van der Waals surface area contributed by atoms with Crippen LogP contribution in [0, 0.1) is 13.8 Å². The fraction of sp³-hybridized carbons (Fsp3) is 0.222. The van der Waals surface area contributed by atoms with Crippen molar-refractivity contribution in [3.63, 3.8) is 0 Å². The van der Waals surface area contributed by atoms with E-state index >= 15 is 0 Å². The molecule has 0 saturated heterocycles. The molecule has 5 heteroatoms. The van der Waals surface area contributed by atoms with E-state index in [-0.39, 0.29) is 4.90 Å². The van der Waals surface area contributed by atoms with E-state index in [9.17, 15) is 8.42 Å². The Morgan fingerprint density at radius 3 is 2.35 bits per heavy atom. The number of benzene rings is 2. The van der Waals surface area contributed by atoms with Gasteiger partial charge in [-0.1, -0.05) is 17.7 Å². The number of rotatable bonds is 4. The van der Waals surface area contributed by atoms with E-state index in [0.29, 0.717) is 5.69 Å². The minimum atomic E-state index is -3.56. The highest BCUT2D eigenvalue weighted by Crippen LogP contribution is 2.25. The Bertz CT molecular complexity index is 955. The average molecular weight is 328 g/mol. The number of aryl methyl sites for hydroxylation is 3. The van der Waals surface area contributed by atoms with E-state index in [2.05, 4.69) is 29.2 Å². The molecule has 0 atom stereocenters. The van der Waals surface area contributed by atoms with Gasteiger partial charge in [0.2, 0.25) is 0 Å². The predicted molar refractivity (Wildman–Crippen MR) is 94.3 cm³/mol. The number of hydrogen-bond donors (Lipinski definition) is 1. The zero-order valence-corrected chi connectivity index (χ0v) is 14.3. The molecule has 23 heavy (non-hydrogen) atoms. The first-order valence-corrected chi connectivity index (χ1v) is 9.08. The summed E-state index contributed by atoms with van der Waals surface area (Å²) < 4.78 is 29.8. The standard InChI is InChI=1S/C18H20N2O2S/c1-4-20-14(3)11-15-12-16(7-10-18(15)20)19-23(21,22)17-8-5-13(2)6-9-17/h5-12,19H,4H2,1-3H3. The molecule has 0 amide bonds. The summed E-state index contributed by atoms with van der Waals surface area (Å²) in [7, 11) is -3.56. The summed E-state index contributed by atoms with van der Waals surface area (Å²) >= 11 is 0. The minimum absolute atomic E-state index is 0.269. The second-order valence-corrected chi connectivity index (χ2v) is 7.40. The molecular weight excluding hydrogens is 308 g/mol. The van der Waals surface area contributed by atoms with Crippen molar-refractivity contribution in [1.82, 2.24) is 4.57 Å². The summed E-state index contributed by atoms with van der Waals surface area (Å²) in [6.45, 7) is 6.97. The van der Waals surface area contributed by atoms with Crippen molar-refractivity contribution in [3.8, 4) is 0 Å². The van der Waals surface area contributed by atoms with Gasteiger partial charge in [-0.25, -0.2) is 8.42 Å². The van der Waals surface area contributed by atoms with Crippen LogP contribution in [0.4, 0.5) is 5.69 Å². The minimum Gasteiger partial charge on any atom is -0.345 e. The van der Waals surface area contributed by atoms with Crippen molar-refractivity contribution in [1.29, 1.82) is 0 Å². The molecule has 1 aromatic heterocycles. The predicted octanol–water partition coefficient (Wildman–Crippen LogP) is 4.08. The third kappa shape index (κ3) is 2.97. The molecule has 0 unspecified atom stereocenters. The summed E-state index contributed by atoms with van der Waals surface area (Å²) in [4.78, 5) is 0.269. The summed E-state index contributed by atoms with van der Waals surface area (Å²) in [6, 6.07) is 14.5. The van der Waals surface area contributed by atoms with Gasteiger partial charge in [-0.05, 0) is 57.2 Å². The Balaban J connectivity index is 1.96. The molecule has 120 valence electrons. The highest BCUT2D eigenvalue weighted by Gasteiger charge is 2.14. The van der Waals surface area contributed by atoms with Crippen LogP contribution in [0.1, 0.15) is 18.2 Å². The second-order valence-electron chi connectivity index (χ2n) is 5.72. The first-order chi connectivity index (χ1) is 10.9. The number of fused-ring (bicyclic) bond motifs is 1. The highest BCUT2D eigenvalue weighted by atomic mass is 32.2. The van der Waals surface area contributed by atoms with Crippen LogP contribution in [0.5, 0.6) is 0 Å². The van der Waals surface area contributed by atoms with Gasteiger partial charge in [0.1, 0.15) is 0 Å². The number of hydrogen-bond acceptors (Lipinski definition) is 2. The second kappa shape index (κ2) is 5.74. The number of anilines is 1. The number of sulfonamides is 1. The van der Waals surface area contributed by atoms with Gasteiger partial charge in [0.15, 0.2) is 0 Å². The average Bonchev–Trinajstić information content (AvgIpc) is 2.81. The van der Waals surface area contributed by atoms with Gasteiger partial charge in [0.25, 0.3) is 10.0 Å². The molecule has 1 N–H and O–H groups in total. The fourth-order valence-corrected chi connectivity index (χ4v) is 3.87. The molecule has 4 nitrogen and oxygen atoms in total. The van der Waals surface area contributed by atoms with Crippen LogP contribution < -0.4 is 4.72 Å². The molecule has 0 aliphatic heterocycles. The molecule has 1 heterocycles. The van der Waals surface area contributed by atoms with Gasteiger partial charge in [0, 0.05) is 28.8 Å². The number of aromatic nitrogens is 1. The molecular formula is C18H20N2O2S. The molecule has 0 fully saturated rings. The maximum atomic E-state index is 12.5. The summed E-state index contributed by atoms with van der Waals surface area (Å²) in [6.07, 6.45) is 0. The largest absolute Gasteiger partial charge is 0.345 e. The molecule has 3 rings (SSSR count). The quantitative estimate of drug-likeness (QED) is 0.784. The van der Waals surface area contributed by atoms with Crippen molar-refractivity contribution in [2.24, 2.45) is 0 Å². The summed E-state index contributed by atoms with van der Waals surface area (Å²) in [5, 5.41) is 1.04. The zero-order valence-electron chi connectivity index (χ0n) is 13.5. The number of nitrogens with zero attached hydrogens (tertiary/aromatic N) is 1. The molecule has 0 aliphatic rings. The van der Waals surface area contributed by atoms with Gasteiger partial charge in [-0.2, -0.15) is 0 Å². The number of nitrogens with one attached hydrogen (secondary N) is 1. The third-order valence-corrected chi connectivity index (χ3v) is 5.41. The van der Waals surface area contributed by atoms with Crippen LogP contribution in [-0.2, 0) is 16.6 Å². The molecule has 3 aromatic rings. The van der Waals surface area contributed by atoms with E-state index in [1.807, 2.05) is 19.1 Å². The first kappa shape index (κ1) is 15.6. The van der Waals surface area contributed by atoms with Crippen LogP contribution in [-0.4, -0.2) is 13.0 Å².